The minimum absolute atomic E-state index is 1.22. The van der Waals surface area contributed by atoms with Crippen molar-refractivity contribution >= 4 is 87.6 Å². The highest BCUT2D eigenvalue weighted by atomic mass is 14.2. The average Bonchev–Trinajstić information content (AvgIpc) is 3.74. The number of hydrogen-bond acceptors (Lipinski definition) is 0. The molecule has 55 heavy (non-hydrogen) atoms. The van der Waals surface area contributed by atoms with Gasteiger partial charge in [-0.2, -0.15) is 0 Å². The first-order valence-electron chi connectivity index (χ1n) is 19.1. The van der Waals surface area contributed by atoms with Gasteiger partial charge >= 0.3 is 0 Å². The van der Waals surface area contributed by atoms with Crippen molar-refractivity contribution in [3.8, 4) is 33.4 Å². The van der Waals surface area contributed by atoms with Gasteiger partial charge in [-0.25, -0.2) is 0 Å². The molecule has 0 heterocycles. The Morgan fingerprint density at radius 1 is 0.273 bits per heavy atom. The van der Waals surface area contributed by atoms with Crippen LogP contribution in [0.3, 0.4) is 0 Å². The van der Waals surface area contributed by atoms with Crippen molar-refractivity contribution in [2.75, 3.05) is 0 Å². The minimum Gasteiger partial charge on any atom is -0.120 e. The second-order valence-electron chi connectivity index (χ2n) is 15.0. The van der Waals surface area contributed by atoms with Crippen molar-refractivity contribution in [3.63, 3.8) is 0 Å². The normalized spacial score (nSPS) is 12.3. The molecule has 0 heteroatoms. The van der Waals surface area contributed by atoms with Gasteiger partial charge < -0.3 is 0 Å². The van der Waals surface area contributed by atoms with Crippen LogP contribution in [0.5, 0.6) is 0 Å². The zero-order chi connectivity index (χ0) is 36.0. The first-order chi connectivity index (χ1) is 27.2. The van der Waals surface area contributed by atoms with Crippen LogP contribution in [0.2, 0.25) is 0 Å². The molecule has 1 aliphatic rings. The molecule has 11 aromatic rings. The quantitative estimate of drug-likeness (QED) is 0.128. The van der Waals surface area contributed by atoms with Gasteiger partial charge in [-0.1, -0.05) is 146 Å². The van der Waals surface area contributed by atoms with Gasteiger partial charge in [-0.05, 0) is 168 Å². The van der Waals surface area contributed by atoms with Crippen LogP contribution in [0.15, 0.2) is 188 Å². The van der Waals surface area contributed by atoms with E-state index in [9.17, 15) is 0 Å². The zero-order valence-electron chi connectivity index (χ0n) is 30.0. The summed E-state index contributed by atoms with van der Waals surface area (Å²) in [5.74, 6) is 0. The molecular formula is C55H32. The van der Waals surface area contributed by atoms with Crippen LogP contribution in [0.4, 0.5) is 0 Å². The van der Waals surface area contributed by atoms with E-state index in [0.717, 1.165) is 0 Å². The maximum Gasteiger partial charge on any atom is -0.00157 e. The highest BCUT2D eigenvalue weighted by Gasteiger charge is 2.15. The van der Waals surface area contributed by atoms with E-state index in [2.05, 4.69) is 200 Å². The lowest BCUT2D eigenvalue weighted by molar-refractivity contribution is 1.65. The Labute approximate surface area is 318 Å². The Balaban J connectivity index is 0.943. The van der Waals surface area contributed by atoms with E-state index in [4.69, 9.17) is 0 Å². The molecular weight excluding hydrogens is 661 g/mol. The smallest absolute Gasteiger partial charge is 0.00157 e. The van der Waals surface area contributed by atoms with E-state index >= 15 is 0 Å². The second kappa shape index (κ2) is 11.6. The molecule has 0 nitrogen and oxygen atoms in total. The van der Waals surface area contributed by atoms with Crippen LogP contribution in [-0.4, -0.2) is 0 Å². The van der Waals surface area contributed by atoms with Gasteiger partial charge in [0.15, 0.2) is 0 Å². The molecule has 0 N–H and O–H groups in total. The molecule has 0 aliphatic heterocycles. The summed E-state index contributed by atoms with van der Waals surface area (Å²) in [6.45, 7) is 0. The van der Waals surface area contributed by atoms with Crippen LogP contribution in [0, 0.1) is 0 Å². The predicted octanol–water partition coefficient (Wildman–Crippen LogP) is 15.4. The molecule has 0 atom stereocenters. The van der Waals surface area contributed by atoms with Crippen LogP contribution in [-0.2, 0) is 0 Å². The molecule has 0 fully saturated rings. The third-order valence-corrected chi connectivity index (χ3v) is 11.9. The molecule has 0 amide bonds. The highest BCUT2D eigenvalue weighted by molar-refractivity contribution is 6.23. The standard InChI is InChI=1S/C55H32/c1-2-10-46-35(8-1)18-26-43-32-52(48-11-3-5-13-50(48)54(43)46)41-25-23-38-28-37(21-22-39(38)29-41)40-20-16-34-17-24-42(31-45(34)30-40)53-33-44-27-19-36-9-7-15-47(36)55(44)51-14-6-4-12-49(51)53/h1-6,8-33H. The van der Waals surface area contributed by atoms with E-state index in [1.165, 1.54) is 120 Å². The molecule has 11 aromatic carbocycles. The Hall–Kier alpha value is -7.24. The van der Waals surface area contributed by atoms with Crippen molar-refractivity contribution in [3.05, 3.63) is 199 Å². The molecule has 0 unspecified atom stereocenters. The predicted molar refractivity (Wildman–Crippen MR) is 238 cm³/mol. The van der Waals surface area contributed by atoms with Crippen LogP contribution in [0.25, 0.3) is 121 Å². The SMILES string of the molecule is C1=Cc2ccc3cc(-c4ccc5ccc(-c6ccc7cc(-c8cc9ccc%10ccccc%10c9c9ccccc89)ccc7c6)cc5c4)c4ccccc4c3c2C=1. The Bertz CT molecular complexity index is 3520. The van der Waals surface area contributed by atoms with Gasteiger partial charge in [0.25, 0.3) is 0 Å². The van der Waals surface area contributed by atoms with Crippen molar-refractivity contribution in [2.24, 2.45) is 0 Å². The Kier molecular flexibility index (Phi) is 6.39. The zero-order valence-corrected chi connectivity index (χ0v) is 30.0. The summed E-state index contributed by atoms with van der Waals surface area (Å²) in [4.78, 5) is 0. The summed E-state index contributed by atoms with van der Waals surface area (Å²) >= 11 is 0. The minimum atomic E-state index is 1.22. The van der Waals surface area contributed by atoms with E-state index in [1.807, 2.05) is 0 Å². The Morgan fingerprint density at radius 2 is 0.745 bits per heavy atom. The molecule has 1 aliphatic carbocycles. The van der Waals surface area contributed by atoms with Crippen molar-refractivity contribution < 1.29 is 0 Å². The fraction of sp³-hybridized carbons (Fsp3) is 0. The molecule has 0 aromatic heterocycles. The molecule has 0 saturated carbocycles. The largest absolute Gasteiger partial charge is 0.120 e. The monoisotopic (exact) mass is 692 g/mol. The van der Waals surface area contributed by atoms with Crippen molar-refractivity contribution in [1.29, 1.82) is 0 Å². The van der Waals surface area contributed by atoms with E-state index in [-0.39, 0.29) is 0 Å². The van der Waals surface area contributed by atoms with Gasteiger partial charge in [-0.3, -0.25) is 0 Å². The summed E-state index contributed by atoms with van der Waals surface area (Å²) in [5.41, 5.74) is 13.3. The van der Waals surface area contributed by atoms with Crippen LogP contribution >= 0.6 is 0 Å². The summed E-state index contributed by atoms with van der Waals surface area (Å²) in [6, 6.07) is 67.8. The average molecular weight is 693 g/mol. The van der Waals surface area contributed by atoms with Gasteiger partial charge in [0.2, 0.25) is 0 Å². The van der Waals surface area contributed by atoms with Gasteiger partial charge in [0.05, 0.1) is 0 Å². The van der Waals surface area contributed by atoms with Crippen molar-refractivity contribution in [1.82, 2.24) is 0 Å². The molecule has 0 bridgehead atoms. The lowest BCUT2D eigenvalue weighted by atomic mass is 9.89. The van der Waals surface area contributed by atoms with E-state index < -0.39 is 0 Å². The lowest BCUT2D eigenvalue weighted by Crippen LogP contribution is -1.89. The first-order valence-corrected chi connectivity index (χ1v) is 19.1. The fourth-order valence-electron chi connectivity index (χ4n) is 9.28. The number of benzene rings is 11. The number of fused-ring (bicyclic) bond motifs is 12. The fourth-order valence-corrected chi connectivity index (χ4v) is 9.28. The van der Waals surface area contributed by atoms with Gasteiger partial charge in [-0.15, -0.1) is 5.73 Å². The number of rotatable bonds is 3. The lowest BCUT2D eigenvalue weighted by Gasteiger charge is -2.14. The topological polar surface area (TPSA) is 0 Å². The van der Waals surface area contributed by atoms with E-state index in [0.29, 0.717) is 0 Å². The highest BCUT2D eigenvalue weighted by Crippen LogP contribution is 2.42. The first kappa shape index (κ1) is 30.2. The molecule has 0 saturated heterocycles. The summed E-state index contributed by atoms with van der Waals surface area (Å²) in [5, 5.41) is 17.9. The maximum absolute atomic E-state index is 3.31. The van der Waals surface area contributed by atoms with Gasteiger partial charge in [0, 0.05) is 0 Å². The van der Waals surface area contributed by atoms with E-state index in [1.54, 1.807) is 0 Å². The Morgan fingerprint density at radius 3 is 1.45 bits per heavy atom. The third-order valence-electron chi connectivity index (χ3n) is 11.9. The van der Waals surface area contributed by atoms with Gasteiger partial charge in [0.1, 0.15) is 0 Å². The molecule has 0 radical (unpaired) electrons. The molecule has 0 spiro atoms. The summed E-state index contributed by atoms with van der Waals surface area (Å²) in [7, 11) is 0. The summed E-state index contributed by atoms with van der Waals surface area (Å²) < 4.78 is 0. The van der Waals surface area contributed by atoms with Crippen molar-refractivity contribution in [2.45, 2.75) is 0 Å². The maximum atomic E-state index is 3.31. The number of hydrogen-bond donors (Lipinski definition) is 0. The summed E-state index contributed by atoms with van der Waals surface area (Å²) in [6.07, 6.45) is 4.21. The molecule has 12 rings (SSSR count). The third kappa shape index (κ3) is 4.66. The van der Waals surface area contributed by atoms with Crippen LogP contribution < -0.4 is 0 Å². The van der Waals surface area contributed by atoms with Crippen LogP contribution in [0.1, 0.15) is 11.1 Å². The second-order valence-corrected chi connectivity index (χ2v) is 15.0. The molecule has 252 valence electrons.